The Hall–Kier alpha value is -1.20. The Kier molecular flexibility index (Phi) is 4.84. The molecule has 6 heteroatoms. The van der Waals surface area contributed by atoms with Gasteiger partial charge < -0.3 is 10.4 Å². The molecule has 0 bridgehead atoms. The Morgan fingerprint density at radius 3 is 2.71 bits per heavy atom. The largest absolute Gasteiger partial charge is 0.394 e. The summed E-state index contributed by atoms with van der Waals surface area (Å²) >= 11 is 5.87. The number of amides is 1. The van der Waals surface area contributed by atoms with Crippen molar-refractivity contribution in [3.63, 3.8) is 0 Å². The first-order chi connectivity index (χ1) is 7.95. The van der Waals surface area contributed by atoms with Crippen molar-refractivity contribution in [3.8, 4) is 0 Å². The average Bonchev–Trinajstić information content (AvgIpc) is 2.28. The Labute approximate surface area is 105 Å². The maximum absolute atomic E-state index is 11.8. The van der Waals surface area contributed by atoms with Gasteiger partial charge in [-0.2, -0.15) is 0 Å². The predicted octanol–water partition coefficient (Wildman–Crippen LogP) is 1.36. The van der Waals surface area contributed by atoms with Gasteiger partial charge in [0.1, 0.15) is 11.5 Å². The molecule has 1 aromatic heterocycles. The summed E-state index contributed by atoms with van der Waals surface area (Å²) in [6.45, 7) is 5.42. The highest BCUT2D eigenvalue weighted by Crippen LogP contribution is 2.16. The van der Waals surface area contributed by atoms with E-state index in [2.05, 4.69) is 15.3 Å². The molecule has 0 saturated carbocycles. The second kappa shape index (κ2) is 5.93. The van der Waals surface area contributed by atoms with E-state index in [1.165, 1.54) is 6.20 Å². The summed E-state index contributed by atoms with van der Waals surface area (Å²) in [5.74, 6) is 0.283. The second-order valence-electron chi connectivity index (χ2n) is 4.14. The SMILES string of the molecule is CC(C)c1ncc(Cl)c(C(=O)N[C@H](C)CO)n1. The Balaban J connectivity index is 2.96. The van der Waals surface area contributed by atoms with Crippen LogP contribution in [0.1, 0.15) is 43.0 Å². The van der Waals surface area contributed by atoms with Crippen LogP contribution >= 0.6 is 11.6 Å². The Bertz CT molecular complexity index is 410. The highest BCUT2D eigenvalue weighted by Gasteiger charge is 2.16. The van der Waals surface area contributed by atoms with Gasteiger partial charge in [0.15, 0.2) is 0 Å². The van der Waals surface area contributed by atoms with E-state index in [-0.39, 0.29) is 29.3 Å². The number of carbonyl (C=O) groups is 1. The topological polar surface area (TPSA) is 75.1 Å². The van der Waals surface area contributed by atoms with Gasteiger partial charge in [0.25, 0.3) is 5.91 Å². The van der Waals surface area contributed by atoms with Gasteiger partial charge in [-0.05, 0) is 6.92 Å². The molecule has 1 heterocycles. The highest BCUT2D eigenvalue weighted by molar-refractivity contribution is 6.33. The summed E-state index contributed by atoms with van der Waals surface area (Å²) in [4.78, 5) is 20.0. The van der Waals surface area contributed by atoms with Crippen LogP contribution in [-0.2, 0) is 0 Å². The number of hydrogen-bond donors (Lipinski definition) is 2. The van der Waals surface area contributed by atoms with Crippen LogP contribution in [0.4, 0.5) is 0 Å². The zero-order chi connectivity index (χ0) is 13.0. The standard InChI is InChI=1S/C11H16ClN3O2/c1-6(2)10-13-4-8(12)9(15-10)11(17)14-7(3)5-16/h4,6-7,16H,5H2,1-3H3,(H,14,17)/t7-/m1/s1. The van der Waals surface area contributed by atoms with Gasteiger partial charge in [-0.25, -0.2) is 9.97 Å². The van der Waals surface area contributed by atoms with E-state index in [9.17, 15) is 4.79 Å². The van der Waals surface area contributed by atoms with Gasteiger partial charge in [0, 0.05) is 12.0 Å². The maximum Gasteiger partial charge on any atom is 0.271 e. The molecule has 0 aliphatic rings. The minimum absolute atomic E-state index is 0.120. The molecule has 0 aromatic carbocycles. The molecule has 0 saturated heterocycles. The van der Waals surface area contributed by atoms with Crippen LogP contribution < -0.4 is 5.32 Å². The second-order valence-corrected chi connectivity index (χ2v) is 4.54. The van der Waals surface area contributed by atoms with Gasteiger partial charge in [0.05, 0.1) is 17.8 Å². The molecule has 17 heavy (non-hydrogen) atoms. The van der Waals surface area contributed by atoms with E-state index < -0.39 is 5.91 Å². The van der Waals surface area contributed by atoms with Crippen molar-refractivity contribution >= 4 is 17.5 Å². The van der Waals surface area contributed by atoms with E-state index in [4.69, 9.17) is 16.7 Å². The van der Waals surface area contributed by atoms with E-state index in [0.717, 1.165) is 0 Å². The van der Waals surface area contributed by atoms with E-state index in [1.807, 2.05) is 13.8 Å². The van der Waals surface area contributed by atoms with Crippen LogP contribution in [0, 0.1) is 0 Å². The van der Waals surface area contributed by atoms with Crippen molar-refractivity contribution in [1.29, 1.82) is 0 Å². The van der Waals surface area contributed by atoms with Crippen molar-refractivity contribution in [1.82, 2.24) is 15.3 Å². The van der Waals surface area contributed by atoms with Crippen LogP contribution in [0.5, 0.6) is 0 Å². The van der Waals surface area contributed by atoms with Gasteiger partial charge in [-0.15, -0.1) is 0 Å². The van der Waals surface area contributed by atoms with Crippen LogP contribution in [0.25, 0.3) is 0 Å². The summed E-state index contributed by atoms with van der Waals surface area (Å²) in [6.07, 6.45) is 1.42. The van der Waals surface area contributed by atoms with Crippen LogP contribution in [0.3, 0.4) is 0 Å². The number of rotatable bonds is 4. The lowest BCUT2D eigenvalue weighted by Crippen LogP contribution is -2.35. The van der Waals surface area contributed by atoms with Gasteiger partial charge in [-0.1, -0.05) is 25.4 Å². The third kappa shape index (κ3) is 3.64. The molecule has 1 aromatic rings. The molecule has 94 valence electrons. The fraction of sp³-hybridized carbons (Fsp3) is 0.545. The van der Waals surface area contributed by atoms with E-state index in [1.54, 1.807) is 6.92 Å². The third-order valence-electron chi connectivity index (χ3n) is 2.15. The quantitative estimate of drug-likeness (QED) is 0.854. The zero-order valence-corrected chi connectivity index (χ0v) is 10.8. The summed E-state index contributed by atoms with van der Waals surface area (Å²) < 4.78 is 0. The predicted molar refractivity (Wildman–Crippen MR) is 65.1 cm³/mol. The van der Waals surface area contributed by atoms with Crippen molar-refractivity contribution in [2.45, 2.75) is 32.7 Å². The lowest BCUT2D eigenvalue weighted by atomic mass is 10.2. The number of aromatic nitrogens is 2. The molecule has 0 aliphatic heterocycles. The fourth-order valence-electron chi connectivity index (χ4n) is 1.16. The fourth-order valence-corrected chi connectivity index (χ4v) is 1.33. The van der Waals surface area contributed by atoms with Gasteiger partial charge >= 0.3 is 0 Å². The highest BCUT2D eigenvalue weighted by atomic mass is 35.5. The number of aliphatic hydroxyl groups is 1. The Morgan fingerprint density at radius 2 is 2.18 bits per heavy atom. The summed E-state index contributed by atoms with van der Waals surface area (Å²) in [5.41, 5.74) is 0.144. The smallest absolute Gasteiger partial charge is 0.271 e. The van der Waals surface area contributed by atoms with Crippen LogP contribution in [-0.4, -0.2) is 33.6 Å². The van der Waals surface area contributed by atoms with Crippen molar-refractivity contribution < 1.29 is 9.90 Å². The lowest BCUT2D eigenvalue weighted by Gasteiger charge is -2.12. The molecule has 1 amide bonds. The molecule has 0 unspecified atom stereocenters. The zero-order valence-electron chi connectivity index (χ0n) is 10.1. The number of nitrogens with zero attached hydrogens (tertiary/aromatic N) is 2. The molecular formula is C11H16ClN3O2. The first kappa shape index (κ1) is 13.9. The molecule has 0 fully saturated rings. The minimum atomic E-state index is -0.402. The summed E-state index contributed by atoms with van der Waals surface area (Å²) in [7, 11) is 0. The molecule has 1 rings (SSSR count). The number of halogens is 1. The molecule has 0 aliphatic carbocycles. The van der Waals surface area contributed by atoms with Crippen molar-refractivity contribution in [2.24, 2.45) is 0 Å². The van der Waals surface area contributed by atoms with Crippen molar-refractivity contribution in [2.75, 3.05) is 6.61 Å². The minimum Gasteiger partial charge on any atom is -0.394 e. The third-order valence-corrected chi connectivity index (χ3v) is 2.42. The first-order valence-electron chi connectivity index (χ1n) is 5.39. The Morgan fingerprint density at radius 1 is 1.53 bits per heavy atom. The van der Waals surface area contributed by atoms with E-state index in [0.29, 0.717) is 5.82 Å². The lowest BCUT2D eigenvalue weighted by molar-refractivity contribution is 0.0917. The van der Waals surface area contributed by atoms with Crippen molar-refractivity contribution in [3.05, 3.63) is 22.7 Å². The number of aliphatic hydroxyl groups excluding tert-OH is 1. The van der Waals surface area contributed by atoms with Gasteiger partial charge in [0.2, 0.25) is 0 Å². The average molecular weight is 258 g/mol. The van der Waals surface area contributed by atoms with E-state index >= 15 is 0 Å². The summed E-state index contributed by atoms with van der Waals surface area (Å²) in [6, 6.07) is -0.337. The molecular weight excluding hydrogens is 242 g/mol. The molecule has 0 spiro atoms. The van der Waals surface area contributed by atoms with Crippen LogP contribution in [0.2, 0.25) is 5.02 Å². The van der Waals surface area contributed by atoms with Gasteiger partial charge in [-0.3, -0.25) is 4.79 Å². The maximum atomic E-state index is 11.8. The molecule has 5 nitrogen and oxygen atoms in total. The normalized spacial score (nSPS) is 12.6. The molecule has 2 N–H and O–H groups in total. The molecule has 0 radical (unpaired) electrons. The molecule has 1 atom stereocenters. The number of nitrogens with one attached hydrogen (secondary N) is 1. The first-order valence-corrected chi connectivity index (χ1v) is 5.77. The summed E-state index contributed by atoms with van der Waals surface area (Å²) in [5, 5.41) is 11.7. The van der Waals surface area contributed by atoms with Crippen LogP contribution in [0.15, 0.2) is 6.20 Å². The number of hydrogen-bond acceptors (Lipinski definition) is 4. The monoisotopic (exact) mass is 257 g/mol. The number of carbonyl (C=O) groups excluding carboxylic acids is 1.